The summed E-state index contributed by atoms with van der Waals surface area (Å²) >= 11 is 0. The van der Waals surface area contributed by atoms with Gasteiger partial charge in [0, 0.05) is 114 Å². The maximum Gasteiger partial charge on any atom is 0.252 e. The number of hydrogen-bond acceptors (Lipinski definition) is 6. The van der Waals surface area contributed by atoms with Crippen molar-refractivity contribution in [2.75, 3.05) is 29.8 Å². The molecule has 6 bridgehead atoms. The highest BCUT2D eigenvalue weighted by Gasteiger charge is 2.52. The van der Waals surface area contributed by atoms with Crippen molar-refractivity contribution in [1.29, 1.82) is 0 Å². The first kappa shape index (κ1) is 66.8. The summed E-state index contributed by atoms with van der Waals surface area (Å²) in [5.41, 5.74) is 40.2. The summed E-state index contributed by atoms with van der Waals surface area (Å²) in [4.78, 5) is 14.2. The number of nitrogens with one attached hydrogen (secondary N) is 1. The molecule has 4 saturated heterocycles. The topological polar surface area (TPSA) is 28.2 Å². The van der Waals surface area contributed by atoms with Gasteiger partial charge < -0.3 is 29.8 Å². The second-order valence-electron chi connectivity index (χ2n) is 34.0. The Labute approximate surface area is 675 Å². The minimum atomic E-state index is -0.215. The molecule has 15 aromatic carbocycles. The summed E-state index contributed by atoms with van der Waals surface area (Å²) in [6.07, 6.45) is 13.8. The fourth-order valence-electron chi connectivity index (χ4n) is 23.3. The molecule has 0 radical (unpaired) electrons. The molecule has 8 heterocycles. The average Bonchev–Trinajstić information content (AvgIpc) is 0.681. The summed E-state index contributed by atoms with van der Waals surface area (Å²) in [7, 11) is 0. The van der Waals surface area contributed by atoms with Crippen molar-refractivity contribution >= 4 is 120 Å². The first-order valence-corrected chi connectivity index (χ1v) is 42.3. The second kappa shape index (κ2) is 27.0. The Morgan fingerprint density at radius 3 is 1.02 bits per heavy atom. The van der Waals surface area contributed by atoms with Crippen molar-refractivity contribution in [3.8, 4) is 77.9 Å². The SMILES string of the molecule is c1ccc(-c2cc(-c3ccccc3)c(N3c4cc5c(cc4B4c6ccccc6N(c6c(-c7ccccc7)cccc6-c6ccccc6)c6cc(N7C8CC9CC(C8)CC7C9)cc3c64)B3c4ccccc4N(c4c(-c6ccccc6)cccc4-c4ccccc4)c4cc(N6C7CCCC6CCC7)cc(c43)N5)c(-c3ccccc3)c2)cc1. The van der Waals surface area contributed by atoms with Crippen molar-refractivity contribution < 1.29 is 0 Å². The van der Waals surface area contributed by atoms with Crippen LogP contribution in [-0.4, -0.2) is 37.6 Å². The maximum absolute atomic E-state index is 4.54. The van der Waals surface area contributed by atoms with Crippen LogP contribution < -0.4 is 62.6 Å². The molecule has 6 nitrogen and oxygen atoms in total. The van der Waals surface area contributed by atoms with Crippen molar-refractivity contribution in [3.63, 3.8) is 0 Å². The van der Waals surface area contributed by atoms with Crippen molar-refractivity contribution in [3.05, 3.63) is 346 Å². The largest absolute Gasteiger partial charge is 0.365 e. The second-order valence-corrected chi connectivity index (χ2v) is 34.0. The average molecular weight is 1480 g/mol. The van der Waals surface area contributed by atoms with Crippen molar-refractivity contribution in [2.24, 2.45) is 11.8 Å². The van der Waals surface area contributed by atoms with Gasteiger partial charge in [-0.15, -0.1) is 0 Å². The number of anilines is 13. The highest BCUT2D eigenvalue weighted by atomic mass is 15.3. The van der Waals surface area contributed by atoms with Crippen LogP contribution in [0.2, 0.25) is 0 Å². The first-order chi connectivity index (χ1) is 57.0. The van der Waals surface area contributed by atoms with E-state index in [1.54, 1.807) is 0 Å². The van der Waals surface area contributed by atoms with Crippen LogP contribution in [0.4, 0.5) is 73.9 Å². The van der Waals surface area contributed by atoms with Crippen LogP contribution in [0.1, 0.15) is 70.6 Å². The Morgan fingerprint density at radius 1 is 0.235 bits per heavy atom. The molecule has 0 amide bonds. The zero-order valence-corrected chi connectivity index (χ0v) is 64.5. The first-order valence-electron chi connectivity index (χ1n) is 42.3. The molecule has 2 aliphatic carbocycles. The van der Waals surface area contributed by atoms with Crippen LogP contribution in [-0.2, 0) is 0 Å². The van der Waals surface area contributed by atoms with Gasteiger partial charge in [-0.1, -0.05) is 291 Å². The van der Waals surface area contributed by atoms with Crippen LogP contribution >= 0.6 is 0 Å². The standard InChI is InChI=1S/C107H86B2N6/c1-8-30-71(31-9-1)78-61-89(76-40-18-6-19-41-76)107(90(62-78)77-42-20-7-21-43-77)115-99-68-95-93(108-91-52-22-24-54-97(91)113(100-64-83(63-96(110-95)103(100)108)111-79-44-26-45-80(111)47-27-46-79)105-85(72-32-10-2-11-33-72)48-28-49-86(105)73-34-12-3-13-35-73)67-94(99)109-92-53-23-25-55-98(92)114(106-87(74-36-14-4-15-37-74)50-29-51-88(106)75-38-16-5-17-39-75)101-65-84(66-102(115)104(101)109)112-81-57-69-56-70(59-81)60-82(112)58-69/h1-25,28-43,48-55,61-70,79-82,110H,26-27,44-47,56-60H2. The Balaban J connectivity index is 0.829. The van der Waals surface area contributed by atoms with Gasteiger partial charge in [-0.3, -0.25) is 0 Å². The van der Waals surface area contributed by atoms with E-state index in [1.807, 2.05) is 0 Å². The van der Waals surface area contributed by atoms with E-state index in [0.29, 0.717) is 24.2 Å². The van der Waals surface area contributed by atoms with Crippen LogP contribution in [0, 0.1) is 11.8 Å². The Bertz CT molecular complexity index is 6110. The maximum atomic E-state index is 4.54. The number of piperidine rings is 4. The lowest BCUT2D eigenvalue weighted by atomic mass is 9.30. The Morgan fingerprint density at radius 2 is 0.583 bits per heavy atom. The van der Waals surface area contributed by atoms with E-state index in [2.05, 4.69) is 376 Å². The number of rotatable bonds is 12. The van der Waals surface area contributed by atoms with E-state index in [4.69, 9.17) is 0 Å². The van der Waals surface area contributed by atoms with E-state index in [9.17, 15) is 0 Å². The van der Waals surface area contributed by atoms with Gasteiger partial charge >= 0.3 is 0 Å². The number of hydrogen-bond donors (Lipinski definition) is 1. The normalized spacial score (nSPS) is 19.4. The fraction of sp³-hybridized carbons (Fsp3) is 0.159. The molecule has 0 spiro atoms. The molecular formula is C107H86B2N6. The third-order valence-corrected chi connectivity index (χ3v) is 27.7. The minimum Gasteiger partial charge on any atom is -0.365 e. The van der Waals surface area contributed by atoms with Gasteiger partial charge in [-0.2, -0.15) is 0 Å². The lowest BCUT2D eigenvalue weighted by Gasteiger charge is -2.58. The van der Waals surface area contributed by atoms with Gasteiger partial charge in [0.1, 0.15) is 0 Å². The lowest BCUT2D eigenvalue weighted by Crippen LogP contribution is -2.65. The zero-order valence-electron chi connectivity index (χ0n) is 64.5. The van der Waals surface area contributed by atoms with E-state index in [0.717, 1.165) is 17.5 Å². The zero-order chi connectivity index (χ0) is 75.3. The molecule has 10 aliphatic rings. The summed E-state index contributed by atoms with van der Waals surface area (Å²) in [6.45, 7) is -0.376. The molecule has 550 valence electrons. The van der Waals surface area contributed by atoms with Gasteiger partial charge in [-0.05, 0) is 214 Å². The van der Waals surface area contributed by atoms with E-state index in [1.165, 1.54) is 250 Å². The van der Waals surface area contributed by atoms with Crippen molar-refractivity contribution in [1.82, 2.24) is 0 Å². The van der Waals surface area contributed by atoms with Crippen molar-refractivity contribution in [2.45, 2.75) is 94.8 Å². The van der Waals surface area contributed by atoms with Crippen LogP contribution in [0.15, 0.2) is 346 Å². The molecule has 15 aromatic rings. The predicted molar refractivity (Wildman–Crippen MR) is 485 cm³/mol. The summed E-state index contributed by atoms with van der Waals surface area (Å²) in [6, 6.07) is 135. The van der Waals surface area contributed by atoms with Gasteiger partial charge in [0.25, 0.3) is 13.4 Å². The number of benzene rings is 15. The van der Waals surface area contributed by atoms with E-state index in [-0.39, 0.29) is 13.4 Å². The van der Waals surface area contributed by atoms with Crippen LogP contribution in [0.5, 0.6) is 0 Å². The molecule has 0 unspecified atom stereocenters. The summed E-state index contributed by atoms with van der Waals surface area (Å²) in [5.74, 6) is 1.54. The van der Waals surface area contributed by atoms with E-state index >= 15 is 0 Å². The lowest BCUT2D eigenvalue weighted by molar-refractivity contribution is 0.0900. The van der Waals surface area contributed by atoms with Gasteiger partial charge in [-0.25, -0.2) is 0 Å². The van der Waals surface area contributed by atoms with Crippen LogP contribution in [0.25, 0.3) is 77.9 Å². The number of para-hydroxylation sites is 4. The third-order valence-electron chi connectivity index (χ3n) is 27.7. The highest BCUT2D eigenvalue weighted by molar-refractivity contribution is 7.03. The third kappa shape index (κ3) is 10.7. The monoisotopic (exact) mass is 1480 g/mol. The Kier molecular flexibility index (Phi) is 15.7. The number of nitrogens with zero attached hydrogens (tertiary/aromatic N) is 5. The molecule has 115 heavy (non-hydrogen) atoms. The fourth-order valence-corrected chi connectivity index (χ4v) is 23.3. The predicted octanol–water partition coefficient (Wildman–Crippen LogP) is 23.5. The molecule has 6 fully saturated rings. The molecule has 0 atom stereocenters. The van der Waals surface area contributed by atoms with E-state index < -0.39 is 0 Å². The molecule has 25 rings (SSSR count). The van der Waals surface area contributed by atoms with Crippen LogP contribution in [0.3, 0.4) is 0 Å². The Hall–Kier alpha value is -12.8. The van der Waals surface area contributed by atoms with Gasteiger partial charge in [0.2, 0.25) is 0 Å². The van der Waals surface area contributed by atoms with Gasteiger partial charge in [0.15, 0.2) is 0 Å². The quantitative estimate of drug-likeness (QED) is 0.123. The molecule has 0 aromatic heterocycles. The highest BCUT2D eigenvalue weighted by Crippen LogP contribution is 2.59. The smallest absolute Gasteiger partial charge is 0.252 e. The molecular weight excluding hydrogens is 1390 g/mol. The molecule has 2 saturated carbocycles. The minimum absolute atomic E-state index is 0.161. The molecule has 8 heteroatoms. The van der Waals surface area contributed by atoms with Gasteiger partial charge in [0.05, 0.1) is 17.1 Å². The molecule has 8 aliphatic heterocycles. The summed E-state index contributed by atoms with van der Waals surface area (Å²) in [5, 5.41) is 4.54. The summed E-state index contributed by atoms with van der Waals surface area (Å²) < 4.78 is 0. The molecule has 1 N–H and O–H groups in total. The number of fused-ring (bicyclic) bond motifs is 10.